The minimum absolute atomic E-state index is 0.111. The van der Waals surface area contributed by atoms with Crippen LogP contribution >= 0.6 is 0 Å². The van der Waals surface area contributed by atoms with Crippen molar-refractivity contribution in [3.8, 4) is 0 Å². The lowest BCUT2D eigenvalue weighted by molar-refractivity contribution is -0.490. The van der Waals surface area contributed by atoms with E-state index in [1.165, 1.54) is 5.32 Å². The number of urea groups is 1. The largest absolute Gasteiger partial charge is 0.395 e. The zero-order chi connectivity index (χ0) is 6.57. The van der Waals surface area contributed by atoms with Crippen molar-refractivity contribution in [2.75, 3.05) is 0 Å². The van der Waals surface area contributed by atoms with Crippen LogP contribution in [0.15, 0.2) is 0 Å². The molecule has 48 valence electrons. The van der Waals surface area contributed by atoms with Gasteiger partial charge in [0.05, 0.1) is 0 Å². The van der Waals surface area contributed by atoms with Gasteiger partial charge in [0.1, 0.15) is 0 Å². The van der Waals surface area contributed by atoms with Crippen molar-refractivity contribution in [1.82, 2.24) is 5.32 Å². The van der Waals surface area contributed by atoms with E-state index >= 15 is 0 Å². The summed E-state index contributed by atoms with van der Waals surface area (Å²) in [5, 5.41) is 3.90. The van der Waals surface area contributed by atoms with Crippen LogP contribution in [0.1, 0.15) is 13.8 Å². The summed E-state index contributed by atoms with van der Waals surface area (Å²) >= 11 is 0. The molecule has 0 aliphatic heterocycles. The number of hydrogen-bond donors (Lipinski definition) is 2. The number of rotatable bonds is 1. The van der Waals surface area contributed by atoms with Crippen LogP contribution in [0.25, 0.3) is 0 Å². The van der Waals surface area contributed by atoms with Gasteiger partial charge in [-0.3, -0.25) is 0 Å². The van der Waals surface area contributed by atoms with Crippen molar-refractivity contribution in [3.05, 3.63) is 7.05 Å². The summed E-state index contributed by atoms with van der Waals surface area (Å²) in [6, 6.07) is 0.0977. The molecule has 3 N–H and O–H groups in total. The second kappa shape index (κ2) is 3.43. The Kier molecular flexibility index (Phi) is 3.19. The average molecular weight is 116 g/mol. The topological polar surface area (TPSA) is 45.7 Å². The van der Waals surface area contributed by atoms with E-state index in [4.69, 9.17) is 0 Å². The molecule has 0 saturated carbocycles. The number of amides is 2. The molecule has 0 rings (SSSR count). The lowest BCUT2D eigenvalue weighted by atomic mass is 10.4. The third-order valence-corrected chi connectivity index (χ3v) is 0.616. The first kappa shape index (κ1) is 7.43. The minimum atomic E-state index is -0.111. The Bertz CT molecular complexity index is 80.5. The highest BCUT2D eigenvalue weighted by atomic mass is 16.2. The Hall–Kier alpha value is -0.570. The van der Waals surface area contributed by atoms with E-state index in [0.717, 1.165) is 0 Å². The van der Waals surface area contributed by atoms with Crippen molar-refractivity contribution in [2.24, 2.45) is 0 Å². The number of hydrogen-bond acceptors (Lipinski definition) is 1. The summed E-state index contributed by atoms with van der Waals surface area (Å²) in [6.45, 7) is 3.81. The maximum absolute atomic E-state index is 10.4. The number of carbonyl (C=O) groups excluding carboxylic acids is 1. The van der Waals surface area contributed by atoms with Gasteiger partial charge in [-0.05, 0) is 13.8 Å². The fourth-order valence-corrected chi connectivity index (χ4v) is 0.343. The summed E-state index contributed by atoms with van der Waals surface area (Å²) in [5.74, 6) is 0. The van der Waals surface area contributed by atoms with E-state index in [-0.39, 0.29) is 12.1 Å². The first-order chi connectivity index (χ1) is 3.66. The Morgan fingerprint density at radius 2 is 2.25 bits per heavy atom. The molecule has 0 unspecified atom stereocenters. The van der Waals surface area contributed by atoms with Crippen molar-refractivity contribution in [2.45, 2.75) is 19.9 Å². The number of quaternary nitrogens is 1. The van der Waals surface area contributed by atoms with Gasteiger partial charge in [-0.2, -0.15) is 0 Å². The highest BCUT2D eigenvalue weighted by Crippen LogP contribution is 1.71. The van der Waals surface area contributed by atoms with Gasteiger partial charge in [0.25, 0.3) is 0 Å². The third-order valence-electron chi connectivity index (χ3n) is 0.616. The van der Waals surface area contributed by atoms with Crippen LogP contribution in [0, 0.1) is 7.05 Å². The molecule has 0 bridgehead atoms. The predicted molar refractivity (Wildman–Crippen MR) is 31.0 cm³/mol. The van der Waals surface area contributed by atoms with E-state index in [2.05, 4.69) is 12.4 Å². The zero-order valence-corrected chi connectivity index (χ0v) is 5.27. The number of carbonyl (C=O) groups is 1. The molecule has 0 spiro atoms. The molecule has 0 aliphatic carbocycles. The molecule has 0 aromatic carbocycles. The second-order valence-corrected chi connectivity index (χ2v) is 1.87. The van der Waals surface area contributed by atoms with Gasteiger partial charge in [-0.1, -0.05) is 0 Å². The fourth-order valence-electron chi connectivity index (χ4n) is 0.343. The van der Waals surface area contributed by atoms with Gasteiger partial charge >= 0.3 is 6.03 Å². The Labute approximate surface area is 49.5 Å². The molecule has 0 radical (unpaired) electrons. The molecule has 3 heteroatoms. The number of primary amides is 1. The Morgan fingerprint density at radius 1 is 1.75 bits per heavy atom. The highest BCUT2D eigenvalue weighted by molar-refractivity contribution is 5.63. The van der Waals surface area contributed by atoms with Crippen molar-refractivity contribution >= 4 is 6.03 Å². The quantitative estimate of drug-likeness (QED) is 0.444. The smallest absolute Gasteiger partial charge is 0.387 e. The van der Waals surface area contributed by atoms with Gasteiger partial charge in [0, 0.05) is 6.04 Å². The highest BCUT2D eigenvalue weighted by Gasteiger charge is 1.97. The van der Waals surface area contributed by atoms with Crippen molar-refractivity contribution in [1.29, 1.82) is 0 Å². The first-order valence-corrected chi connectivity index (χ1v) is 2.59. The van der Waals surface area contributed by atoms with E-state index in [0.29, 0.717) is 0 Å². The van der Waals surface area contributed by atoms with Crippen LogP contribution in [0.2, 0.25) is 0 Å². The third kappa shape index (κ3) is 3.61. The minimum Gasteiger partial charge on any atom is -0.395 e. The van der Waals surface area contributed by atoms with Crippen LogP contribution in [-0.2, 0) is 0 Å². The monoisotopic (exact) mass is 116 g/mol. The lowest BCUT2D eigenvalue weighted by Gasteiger charge is -2.04. The lowest BCUT2D eigenvalue weighted by Crippen LogP contribution is -2.85. The average Bonchev–Trinajstić information content (AvgIpc) is 1.65. The molecule has 0 aromatic heterocycles. The van der Waals surface area contributed by atoms with Gasteiger partial charge in [-0.15, -0.1) is 7.05 Å². The molecule has 0 fully saturated rings. The van der Waals surface area contributed by atoms with E-state index in [9.17, 15) is 4.79 Å². The predicted octanol–water partition coefficient (Wildman–Crippen LogP) is -0.541. The van der Waals surface area contributed by atoms with Crippen molar-refractivity contribution < 1.29 is 10.1 Å². The summed E-state index contributed by atoms with van der Waals surface area (Å²) in [7, 11) is 3.30. The van der Waals surface area contributed by atoms with Gasteiger partial charge in [-0.25, -0.2) is 4.79 Å². The van der Waals surface area contributed by atoms with Crippen LogP contribution < -0.4 is 10.6 Å². The number of nitrogens with two attached hydrogens (primary N) is 1. The SMILES string of the molecule is [CH2-][NH2+]C(=O)NC(C)C. The summed E-state index contributed by atoms with van der Waals surface area (Å²) in [5.41, 5.74) is 0. The van der Waals surface area contributed by atoms with E-state index in [1.54, 1.807) is 0 Å². The fraction of sp³-hybridized carbons (Fsp3) is 0.600. The molecule has 0 aromatic rings. The normalized spacial score (nSPS) is 9.50. The van der Waals surface area contributed by atoms with Crippen molar-refractivity contribution in [3.63, 3.8) is 0 Å². The summed E-state index contributed by atoms with van der Waals surface area (Å²) in [6.07, 6.45) is 0. The molecular formula is C5H12N2O. The molecule has 0 atom stereocenters. The van der Waals surface area contributed by atoms with Gasteiger partial charge in [0.15, 0.2) is 0 Å². The molecular weight excluding hydrogens is 104 g/mol. The molecule has 0 heterocycles. The van der Waals surface area contributed by atoms with E-state index < -0.39 is 0 Å². The molecule has 2 amide bonds. The van der Waals surface area contributed by atoms with E-state index in [1.807, 2.05) is 13.8 Å². The zero-order valence-electron chi connectivity index (χ0n) is 5.27. The van der Waals surface area contributed by atoms with Crippen LogP contribution in [-0.4, -0.2) is 12.1 Å². The van der Waals surface area contributed by atoms with Crippen LogP contribution in [0.5, 0.6) is 0 Å². The van der Waals surface area contributed by atoms with Crippen LogP contribution in [0.4, 0.5) is 4.79 Å². The van der Waals surface area contributed by atoms with Gasteiger partial charge < -0.3 is 10.6 Å². The first-order valence-electron chi connectivity index (χ1n) is 2.59. The number of nitrogens with one attached hydrogen (secondary N) is 1. The standard InChI is InChI=1S/C5H12N2O/c1-4(2)7-5(8)6-3/h4H,3,6H2,1-2H3,(H,7,8). The maximum atomic E-state index is 10.4. The second-order valence-electron chi connectivity index (χ2n) is 1.87. The Balaban J connectivity index is 3.25. The molecule has 3 nitrogen and oxygen atoms in total. The molecule has 0 aliphatic rings. The summed E-state index contributed by atoms with van der Waals surface area (Å²) in [4.78, 5) is 10.4. The summed E-state index contributed by atoms with van der Waals surface area (Å²) < 4.78 is 0. The maximum Gasteiger partial charge on any atom is 0.387 e. The molecule has 0 saturated heterocycles. The Morgan fingerprint density at radius 3 is 2.38 bits per heavy atom. The van der Waals surface area contributed by atoms with Gasteiger partial charge in [0.2, 0.25) is 0 Å². The molecule has 8 heavy (non-hydrogen) atoms. The van der Waals surface area contributed by atoms with Crippen LogP contribution in [0.3, 0.4) is 0 Å².